The third kappa shape index (κ3) is 3.75. The van der Waals surface area contributed by atoms with Crippen LogP contribution in [0.3, 0.4) is 0 Å². The molecule has 2 aromatic carbocycles. The zero-order valence-corrected chi connectivity index (χ0v) is 15.6. The van der Waals surface area contributed by atoms with E-state index in [9.17, 15) is 9.18 Å². The number of aromatic nitrogens is 2. The van der Waals surface area contributed by atoms with Crippen molar-refractivity contribution in [3.8, 4) is 11.4 Å². The number of amides is 1. The number of benzene rings is 2. The zero-order valence-electron chi connectivity index (χ0n) is 15.6. The lowest BCUT2D eigenvalue weighted by Crippen LogP contribution is -2.50. The standard InChI is InChI=1S/C21H21FN4O2/c1-28-19-5-2-4-18(13-19)25-11-10-24(15-21(25)27)14-16-12-17(22)6-7-20(16)26-9-3-8-23-26/h2-9,12-13H,10-11,14-15H2,1H3. The number of methoxy groups -OCH3 is 1. The molecule has 144 valence electrons. The summed E-state index contributed by atoms with van der Waals surface area (Å²) in [5.74, 6) is 0.431. The Bertz CT molecular complexity index is 974. The number of halogens is 1. The van der Waals surface area contributed by atoms with E-state index in [0.717, 1.165) is 22.7 Å². The van der Waals surface area contributed by atoms with Crippen LogP contribution in [0.1, 0.15) is 5.56 Å². The summed E-state index contributed by atoms with van der Waals surface area (Å²) in [5.41, 5.74) is 2.44. The molecular weight excluding hydrogens is 359 g/mol. The summed E-state index contributed by atoms with van der Waals surface area (Å²) in [5, 5.41) is 4.24. The monoisotopic (exact) mass is 380 g/mol. The summed E-state index contributed by atoms with van der Waals surface area (Å²) >= 11 is 0. The highest BCUT2D eigenvalue weighted by Gasteiger charge is 2.26. The van der Waals surface area contributed by atoms with Crippen LogP contribution in [0, 0.1) is 5.82 Å². The van der Waals surface area contributed by atoms with Crippen molar-refractivity contribution in [1.29, 1.82) is 0 Å². The second-order valence-electron chi connectivity index (χ2n) is 6.68. The summed E-state index contributed by atoms with van der Waals surface area (Å²) in [6.07, 6.45) is 3.51. The van der Waals surface area contributed by atoms with Gasteiger partial charge in [0.05, 0.1) is 19.3 Å². The second kappa shape index (κ2) is 7.82. The molecule has 1 saturated heterocycles. The molecule has 1 aromatic heterocycles. The summed E-state index contributed by atoms with van der Waals surface area (Å²) in [7, 11) is 1.61. The lowest BCUT2D eigenvalue weighted by atomic mass is 10.1. The lowest BCUT2D eigenvalue weighted by molar-refractivity contribution is -0.121. The van der Waals surface area contributed by atoms with E-state index >= 15 is 0 Å². The van der Waals surface area contributed by atoms with Gasteiger partial charge >= 0.3 is 0 Å². The molecule has 2 heterocycles. The maximum absolute atomic E-state index is 13.8. The fraction of sp³-hybridized carbons (Fsp3) is 0.238. The Balaban J connectivity index is 1.50. The van der Waals surface area contributed by atoms with Crippen LogP contribution >= 0.6 is 0 Å². The van der Waals surface area contributed by atoms with Gasteiger partial charge in [-0.25, -0.2) is 9.07 Å². The van der Waals surface area contributed by atoms with Crippen molar-refractivity contribution in [1.82, 2.24) is 14.7 Å². The normalized spacial score (nSPS) is 15.1. The summed E-state index contributed by atoms with van der Waals surface area (Å²) in [6.45, 7) is 2.01. The van der Waals surface area contributed by atoms with Crippen molar-refractivity contribution in [2.75, 3.05) is 31.6 Å². The van der Waals surface area contributed by atoms with E-state index in [1.165, 1.54) is 12.1 Å². The van der Waals surface area contributed by atoms with Gasteiger partial charge in [-0.2, -0.15) is 5.10 Å². The molecule has 0 bridgehead atoms. The van der Waals surface area contributed by atoms with E-state index in [-0.39, 0.29) is 18.3 Å². The third-order valence-electron chi connectivity index (χ3n) is 4.85. The Hall–Kier alpha value is -3.19. The molecule has 28 heavy (non-hydrogen) atoms. The molecular formula is C21H21FN4O2. The number of carbonyl (C=O) groups is 1. The molecule has 0 spiro atoms. The number of ether oxygens (including phenoxy) is 1. The summed E-state index contributed by atoms with van der Waals surface area (Å²) < 4.78 is 20.8. The van der Waals surface area contributed by atoms with Gasteiger partial charge in [0.1, 0.15) is 11.6 Å². The summed E-state index contributed by atoms with van der Waals surface area (Å²) in [4.78, 5) is 16.5. The Labute approximate surface area is 162 Å². The first-order valence-electron chi connectivity index (χ1n) is 9.09. The van der Waals surface area contributed by atoms with Crippen LogP contribution in [0.15, 0.2) is 60.9 Å². The number of anilines is 1. The van der Waals surface area contributed by atoms with Gasteiger partial charge in [0.15, 0.2) is 0 Å². The Morgan fingerprint density at radius 1 is 1.14 bits per heavy atom. The van der Waals surface area contributed by atoms with Crippen molar-refractivity contribution < 1.29 is 13.9 Å². The van der Waals surface area contributed by atoms with Crippen molar-refractivity contribution >= 4 is 11.6 Å². The molecule has 1 amide bonds. The van der Waals surface area contributed by atoms with Crippen LogP contribution in [0.5, 0.6) is 5.75 Å². The minimum absolute atomic E-state index is 0.0107. The first-order valence-corrected chi connectivity index (χ1v) is 9.09. The van der Waals surface area contributed by atoms with Crippen molar-refractivity contribution in [3.05, 3.63) is 72.3 Å². The fourth-order valence-corrected chi connectivity index (χ4v) is 3.46. The zero-order chi connectivity index (χ0) is 19.5. The predicted molar refractivity (Wildman–Crippen MR) is 104 cm³/mol. The van der Waals surface area contributed by atoms with Crippen LogP contribution in [-0.4, -0.2) is 47.3 Å². The number of carbonyl (C=O) groups excluding carboxylic acids is 1. The molecule has 0 N–H and O–H groups in total. The average molecular weight is 380 g/mol. The van der Waals surface area contributed by atoms with Gasteiger partial charge in [-0.3, -0.25) is 9.69 Å². The number of hydrogen-bond acceptors (Lipinski definition) is 4. The van der Waals surface area contributed by atoms with E-state index in [0.29, 0.717) is 19.6 Å². The van der Waals surface area contributed by atoms with Gasteiger partial charge in [0, 0.05) is 43.8 Å². The Morgan fingerprint density at radius 3 is 2.79 bits per heavy atom. The molecule has 0 saturated carbocycles. The Morgan fingerprint density at radius 2 is 2.04 bits per heavy atom. The van der Waals surface area contributed by atoms with E-state index in [1.807, 2.05) is 41.4 Å². The Kier molecular flexibility index (Phi) is 5.08. The highest BCUT2D eigenvalue weighted by atomic mass is 19.1. The number of nitrogens with zero attached hydrogens (tertiary/aromatic N) is 4. The molecule has 0 aliphatic carbocycles. The van der Waals surface area contributed by atoms with E-state index in [4.69, 9.17) is 4.74 Å². The smallest absolute Gasteiger partial charge is 0.241 e. The largest absolute Gasteiger partial charge is 0.497 e. The number of hydrogen-bond donors (Lipinski definition) is 0. The van der Waals surface area contributed by atoms with Crippen LogP contribution in [0.25, 0.3) is 5.69 Å². The highest BCUT2D eigenvalue weighted by molar-refractivity contribution is 5.95. The minimum Gasteiger partial charge on any atom is -0.497 e. The fourth-order valence-electron chi connectivity index (χ4n) is 3.46. The SMILES string of the molecule is COc1cccc(N2CCN(Cc3cc(F)ccc3-n3cccn3)CC2=O)c1. The predicted octanol–water partition coefficient (Wildman–Crippen LogP) is 2.87. The van der Waals surface area contributed by atoms with Crippen molar-refractivity contribution in [2.24, 2.45) is 0 Å². The van der Waals surface area contributed by atoms with Gasteiger partial charge < -0.3 is 9.64 Å². The molecule has 3 aromatic rings. The van der Waals surface area contributed by atoms with Gasteiger partial charge in [-0.15, -0.1) is 0 Å². The molecule has 0 radical (unpaired) electrons. The summed E-state index contributed by atoms with van der Waals surface area (Å²) in [6, 6.07) is 14.0. The molecule has 1 fully saturated rings. The maximum Gasteiger partial charge on any atom is 0.241 e. The minimum atomic E-state index is -0.299. The van der Waals surface area contributed by atoms with E-state index in [1.54, 1.807) is 29.0 Å². The van der Waals surface area contributed by atoms with E-state index in [2.05, 4.69) is 5.10 Å². The lowest BCUT2D eigenvalue weighted by Gasteiger charge is -2.34. The topological polar surface area (TPSA) is 50.6 Å². The van der Waals surface area contributed by atoms with Gasteiger partial charge in [-0.05, 0) is 42.0 Å². The molecule has 7 heteroatoms. The molecule has 1 aliphatic heterocycles. The molecule has 0 unspecified atom stereocenters. The molecule has 0 atom stereocenters. The van der Waals surface area contributed by atoms with E-state index < -0.39 is 0 Å². The van der Waals surface area contributed by atoms with Crippen molar-refractivity contribution in [3.63, 3.8) is 0 Å². The quantitative estimate of drug-likeness (QED) is 0.683. The van der Waals surface area contributed by atoms with Crippen LogP contribution in [0.4, 0.5) is 10.1 Å². The number of rotatable bonds is 5. The molecule has 4 rings (SSSR count). The molecule has 1 aliphatic rings. The van der Waals surface area contributed by atoms with Crippen LogP contribution < -0.4 is 9.64 Å². The van der Waals surface area contributed by atoms with Gasteiger partial charge in [0.25, 0.3) is 0 Å². The van der Waals surface area contributed by atoms with Crippen molar-refractivity contribution in [2.45, 2.75) is 6.54 Å². The average Bonchev–Trinajstić information content (AvgIpc) is 3.23. The van der Waals surface area contributed by atoms with Crippen LogP contribution in [-0.2, 0) is 11.3 Å². The van der Waals surface area contributed by atoms with Gasteiger partial charge in [0.2, 0.25) is 5.91 Å². The van der Waals surface area contributed by atoms with Crippen LogP contribution in [0.2, 0.25) is 0 Å². The molecule has 6 nitrogen and oxygen atoms in total. The third-order valence-corrected chi connectivity index (χ3v) is 4.85. The first kappa shape index (κ1) is 18.2. The second-order valence-corrected chi connectivity index (χ2v) is 6.68. The first-order chi connectivity index (χ1) is 13.6. The highest BCUT2D eigenvalue weighted by Crippen LogP contribution is 2.24. The number of piperazine rings is 1. The van der Waals surface area contributed by atoms with Gasteiger partial charge in [-0.1, -0.05) is 6.07 Å². The maximum atomic E-state index is 13.8.